The number of hydrogen-bond donors (Lipinski definition) is 1. The molecule has 1 aliphatic rings. The van der Waals surface area contributed by atoms with Crippen LogP contribution in [0, 0.1) is 11.3 Å². The van der Waals surface area contributed by atoms with Gasteiger partial charge in [0.15, 0.2) is 5.78 Å². The summed E-state index contributed by atoms with van der Waals surface area (Å²) in [7, 11) is 4.05. The Hall–Kier alpha value is -2.70. The molecule has 1 N–H and O–H groups in total. The van der Waals surface area contributed by atoms with Crippen LogP contribution >= 0.6 is 11.6 Å². The van der Waals surface area contributed by atoms with Gasteiger partial charge in [-0.15, -0.1) is 0 Å². The van der Waals surface area contributed by atoms with Gasteiger partial charge in [-0.25, -0.2) is 0 Å². The van der Waals surface area contributed by atoms with E-state index in [1.807, 2.05) is 14.1 Å². The quantitative estimate of drug-likeness (QED) is 0.573. The number of carbonyl (C=O) groups excluding carboxylic acids is 3. The summed E-state index contributed by atoms with van der Waals surface area (Å²) in [6.07, 6.45) is 1.22. The van der Waals surface area contributed by atoms with Gasteiger partial charge in [0.25, 0.3) is 5.91 Å². The van der Waals surface area contributed by atoms with Crippen molar-refractivity contribution in [3.05, 3.63) is 70.2 Å². The van der Waals surface area contributed by atoms with Gasteiger partial charge in [-0.3, -0.25) is 14.4 Å². The molecule has 0 bridgehead atoms. The Morgan fingerprint density at radius 1 is 1.00 bits per heavy atom. The fourth-order valence-electron chi connectivity index (χ4n) is 4.52. The van der Waals surface area contributed by atoms with Crippen molar-refractivity contribution in [1.29, 1.82) is 0 Å². The molecular weight excluding hydrogens is 450 g/mol. The zero-order chi connectivity index (χ0) is 24.9. The molecule has 0 unspecified atom stereocenters. The second-order valence-electron chi connectivity index (χ2n) is 10.1. The van der Waals surface area contributed by atoms with E-state index in [4.69, 9.17) is 11.6 Å². The largest absolute Gasteiger partial charge is 0.355 e. The Kier molecular flexibility index (Phi) is 8.50. The lowest BCUT2D eigenvalue weighted by atomic mass is 9.91. The highest BCUT2D eigenvalue weighted by molar-refractivity contribution is 6.30. The molecule has 0 spiro atoms. The highest BCUT2D eigenvalue weighted by Gasteiger charge is 2.30. The number of likely N-dealkylation sites (tertiary alicyclic amines) is 1. The van der Waals surface area contributed by atoms with Crippen LogP contribution in [0.1, 0.15) is 53.0 Å². The monoisotopic (exact) mass is 483 g/mol. The van der Waals surface area contributed by atoms with Gasteiger partial charge in [0.05, 0.1) is 5.56 Å². The predicted molar refractivity (Wildman–Crippen MR) is 135 cm³/mol. The van der Waals surface area contributed by atoms with Crippen LogP contribution in [-0.2, 0) is 4.79 Å². The Labute approximate surface area is 207 Å². The first kappa shape index (κ1) is 25.9. The molecule has 6 nitrogen and oxygen atoms in total. The molecule has 34 heavy (non-hydrogen) atoms. The fourth-order valence-corrected chi connectivity index (χ4v) is 4.65. The molecule has 1 fully saturated rings. The van der Waals surface area contributed by atoms with E-state index < -0.39 is 0 Å². The second-order valence-corrected chi connectivity index (χ2v) is 10.5. The fraction of sp³-hybridized carbons (Fsp3) is 0.444. The molecule has 0 radical (unpaired) electrons. The number of hydrogen-bond acceptors (Lipinski definition) is 4. The summed E-state index contributed by atoms with van der Waals surface area (Å²) < 4.78 is 0. The highest BCUT2D eigenvalue weighted by Crippen LogP contribution is 2.23. The minimum Gasteiger partial charge on any atom is -0.355 e. The standard InChI is InChI=1S/C27H34ClN3O3/c1-27(2,18-30(3)4)17-29-25(33)20-13-15-31(16-14-20)26(34)23-8-6-5-7-22(23)24(32)19-9-11-21(28)12-10-19/h5-12,20H,13-18H2,1-4H3,(H,29,33). The Balaban J connectivity index is 1.61. The summed E-state index contributed by atoms with van der Waals surface area (Å²) in [4.78, 5) is 42.9. The van der Waals surface area contributed by atoms with Gasteiger partial charge in [-0.05, 0) is 62.7 Å². The summed E-state index contributed by atoms with van der Waals surface area (Å²) in [6, 6.07) is 13.5. The number of halogens is 1. The van der Waals surface area contributed by atoms with Gasteiger partial charge in [0.1, 0.15) is 0 Å². The third-order valence-electron chi connectivity index (χ3n) is 6.15. The van der Waals surface area contributed by atoms with Crippen molar-refractivity contribution in [2.24, 2.45) is 11.3 Å². The molecular formula is C27H34ClN3O3. The average molecular weight is 484 g/mol. The van der Waals surface area contributed by atoms with Crippen molar-refractivity contribution in [1.82, 2.24) is 15.1 Å². The maximum Gasteiger partial charge on any atom is 0.254 e. The predicted octanol–water partition coefficient (Wildman–Crippen LogP) is 4.13. The minimum absolute atomic E-state index is 0.0177. The lowest BCUT2D eigenvalue weighted by Crippen LogP contribution is -2.46. The van der Waals surface area contributed by atoms with E-state index in [9.17, 15) is 14.4 Å². The van der Waals surface area contributed by atoms with Crippen molar-refractivity contribution in [3.8, 4) is 0 Å². The van der Waals surface area contributed by atoms with Gasteiger partial charge in [0.2, 0.25) is 5.91 Å². The summed E-state index contributed by atoms with van der Waals surface area (Å²) in [6.45, 7) is 6.75. The van der Waals surface area contributed by atoms with Crippen LogP contribution < -0.4 is 5.32 Å². The molecule has 2 aromatic rings. The Bertz CT molecular complexity index is 1030. The van der Waals surface area contributed by atoms with Crippen molar-refractivity contribution in [2.45, 2.75) is 26.7 Å². The summed E-state index contributed by atoms with van der Waals surface area (Å²) in [5.41, 5.74) is 1.22. The Morgan fingerprint density at radius 2 is 1.59 bits per heavy atom. The highest BCUT2D eigenvalue weighted by atomic mass is 35.5. The molecule has 1 saturated heterocycles. The van der Waals surface area contributed by atoms with Crippen LogP contribution in [0.3, 0.4) is 0 Å². The Morgan fingerprint density at radius 3 is 2.18 bits per heavy atom. The van der Waals surface area contributed by atoms with Crippen LogP contribution in [-0.4, -0.2) is 67.7 Å². The lowest BCUT2D eigenvalue weighted by molar-refractivity contribution is -0.126. The van der Waals surface area contributed by atoms with E-state index in [1.165, 1.54) is 0 Å². The number of nitrogens with zero attached hydrogens (tertiary/aromatic N) is 2. The third kappa shape index (κ3) is 6.67. The lowest BCUT2D eigenvalue weighted by Gasteiger charge is -2.33. The van der Waals surface area contributed by atoms with E-state index in [2.05, 4.69) is 24.1 Å². The number of carbonyl (C=O) groups is 3. The molecule has 3 rings (SSSR count). The second kappa shape index (κ2) is 11.2. The molecule has 2 amide bonds. The van der Waals surface area contributed by atoms with Crippen molar-refractivity contribution in [2.75, 3.05) is 40.3 Å². The van der Waals surface area contributed by atoms with E-state index in [-0.39, 0.29) is 28.9 Å². The van der Waals surface area contributed by atoms with Gasteiger partial charge < -0.3 is 15.1 Å². The van der Waals surface area contributed by atoms with E-state index in [0.717, 1.165) is 6.54 Å². The molecule has 7 heteroatoms. The molecule has 0 atom stereocenters. The maximum atomic E-state index is 13.3. The summed E-state index contributed by atoms with van der Waals surface area (Å²) >= 11 is 5.94. The zero-order valence-corrected chi connectivity index (χ0v) is 21.2. The van der Waals surface area contributed by atoms with Gasteiger partial charge in [-0.2, -0.15) is 0 Å². The summed E-state index contributed by atoms with van der Waals surface area (Å²) in [5, 5.41) is 3.65. The minimum atomic E-state index is -0.213. The number of ketones is 1. The third-order valence-corrected chi connectivity index (χ3v) is 6.40. The maximum absolute atomic E-state index is 13.3. The van der Waals surface area contributed by atoms with Crippen LogP contribution in [0.25, 0.3) is 0 Å². The number of piperidine rings is 1. The van der Waals surface area contributed by atoms with E-state index in [0.29, 0.717) is 54.2 Å². The van der Waals surface area contributed by atoms with Gasteiger partial charge in [0, 0.05) is 48.2 Å². The van der Waals surface area contributed by atoms with Crippen LogP contribution in [0.2, 0.25) is 5.02 Å². The first-order valence-electron chi connectivity index (χ1n) is 11.7. The molecule has 1 aliphatic heterocycles. The summed E-state index contributed by atoms with van der Waals surface area (Å²) in [5.74, 6) is -0.443. The molecule has 0 saturated carbocycles. The van der Waals surface area contributed by atoms with Crippen LogP contribution in [0.5, 0.6) is 0 Å². The zero-order valence-electron chi connectivity index (χ0n) is 20.4. The SMILES string of the molecule is CN(C)CC(C)(C)CNC(=O)C1CCN(C(=O)c2ccccc2C(=O)c2ccc(Cl)cc2)CC1. The molecule has 182 valence electrons. The van der Waals surface area contributed by atoms with Crippen molar-refractivity contribution < 1.29 is 14.4 Å². The number of rotatable bonds is 8. The number of amides is 2. The van der Waals surface area contributed by atoms with E-state index >= 15 is 0 Å². The first-order chi connectivity index (χ1) is 16.1. The normalized spacial score (nSPS) is 14.8. The van der Waals surface area contributed by atoms with Crippen molar-refractivity contribution in [3.63, 3.8) is 0 Å². The number of nitrogens with one attached hydrogen (secondary N) is 1. The van der Waals surface area contributed by atoms with Gasteiger partial charge in [-0.1, -0.05) is 43.6 Å². The molecule has 2 aromatic carbocycles. The van der Waals surface area contributed by atoms with E-state index in [1.54, 1.807) is 53.4 Å². The van der Waals surface area contributed by atoms with Crippen molar-refractivity contribution >= 4 is 29.2 Å². The first-order valence-corrected chi connectivity index (χ1v) is 12.1. The van der Waals surface area contributed by atoms with Gasteiger partial charge >= 0.3 is 0 Å². The smallest absolute Gasteiger partial charge is 0.254 e. The molecule has 0 aliphatic carbocycles. The molecule has 0 aromatic heterocycles. The molecule has 1 heterocycles. The average Bonchev–Trinajstić information content (AvgIpc) is 2.81. The van der Waals surface area contributed by atoms with Crippen LogP contribution in [0.4, 0.5) is 0 Å². The number of benzene rings is 2. The van der Waals surface area contributed by atoms with Crippen LogP contribution in [0.15, 0.2) is 48.5 Å². The topological polar surface area (TPSA) is 69.7 Å².